The molecule has 0 spiro atoms. The Bertz CT molecular complexity index is 741. The third kappa shape index (κ3) is 3.03. The van der Waals surface area contributed by atoms with Crippen LogP contribution in [0.15, 0.2) is 47.6 Å². The monoisotopic (exact) mass is 279 g/mol. The van der Waals surface area contributed by atoms with E-state index < -0.39 is 21.4 Å². The molecule has 1 heterocycles. The predicted molar refractivity (Wildman–Crippen MR) is 67.2 cm³/mol. The fourth-order valence-electron chi connectivity index (χ4n) is 1.57. The van der Waals surface area contributed by atoms with Gasteiger partial charge in [0.05, 0.1) is 11.1 Å². The van der Waals surface area contributed by atoms with Gasteiger partial charge in [0.1, 0.15) is 5.82 Å². The highest BCUT2D eigenvalue weighted by atomic mass is 32.2. The summed E-state index contributed by atoms with van der Waals surface area (Å²) >= 11 is 0. The average molecular weight is 279 g/mol. The van der Waals surface area contributed by atoms with E-state index in [2.05, 4.69) is 4.98 Å². The van der Waals surface area contributed by atoms with E-state index >= 15 is 0 Å². The van der Waals surface area contributed by atoms with Gasteiger partial charge in [-0.05, 0) is 18.2 Å². The number of nitrogens with zero attached hydrogens (tertiary/aromatic N) is 1. The molecule has 0 N–H and O–H groups in total. The Morgan fingerprint density at radius 1 is 1.16 bits per heavy atom. The average Bonchev–Trinajstić information content (AvgIpc) is 2.37. The minimum absolute atomic E-state index is 0.0442. The third-order valence-corrected chi connectivity index (χ3v) is 3.60. The minimum Gasteiger partial charge on any atom is -0.289 e. The molecule has 0 fully saturated rings. The van der Waals surface area contributed by atoms with Gasteiger partial charge in [-0.15, -0.1) is 0 Å². The maximum atomic E-state index is 13.0. The molecule has 0 aliphatic carbocycles. The fraction of sp³-hybridized carbons (Fsp3) is 0.0769. The summed E-state index contributed by atoms with van der Waals surface area (Å²) in [6, 6.07) is 6.67. The maximum Gasteiger partial charge on any atom is 0.194 e. The lowest BCUT2D eigenvalue weighted by molar-refractivity contribution is 0.103. The van der Waals surface area contributed by atoms with Gasteiger partial charge in [-0.2, -0.15) is 0 Å². The molecule has 0 saturated heterocycles. The van der Waals surface area contributed by atoms with Gasteiger partial charge in [0.25, 0.3) is 0 Å². The SMILES string of the molecule is CS(=O)(=O)c1cccc(C(=O)c2cncc(F)c2)c1. The lowest BCUT2D eigenvalue weighted by Crippen LogP contribution is -2.05. The Morgan fingerprint density at radius 3 is 2.53 bits per heavy atom. The van der Waals surface area contributed by atoms with E-state index in [9.17, 15) is 17.6 Å². The van der Waals surface area contributed by atoms with Crippen LogP contribution in [0.5, 0.6) is 0 Å². The van der Waals surface area contributed by atoms with Crippen LogP contribution < -0.4 is 0 Å². The topological polar surface area (TPSA) is 64.1 Å². The third-order valence-electron chi connectivity index (χ3n) is 2.49. The Morgan fingerprint density at radius 2 is 1.89 bits per heavy atom. The van der Waals surface area contributed by atoms with E-state index in [0.717, 1.165) is 18.5 Å². The van der Waals surface area contributed by atoms with Crippen LogP contribution in [0.25, 0.3) is 0 Å². The summed E-state index contributed by atoms with van der Waals surface area (Å²) < 4.78 is 35.8. The van der Waals surface area contributed by atoms with Crippen molar-refractivity contribution in [2.75, 3.05) is 6.26 Å². The zero-order valence-corrected chi connectivity index (χ0v) is 10.8. The smallest absolute Gasteiger partial charge is 0.194 e. The van der Waals surface area contributed by atoms with Crippen LogP contribution in [0, 0.1) is 5.82 Å². The molecular formula is C13H10FNO3S. The van der Waals surface area contributed by atoms with Crippen LogP contribution in [-0.4, -0.2) is 25.4 Å². The van der Waals surface area contributed by atoms with Crippen molar-refractivity contribution < 1.29 is 17.6 Å². The molecule has 2 aromatic rings. The van der Waals surface area contributed by atoms with E-state index in [1.54, 1.807) is 0 Å². The van der Waals surface area contributed by atoms with Gasteiger partial charge in [-0.1, -0.05) is 12.1 Å². The van der Waals surface area contributed by atoms with Crippen LogP contribution in [0.4, 0.5) is 4.39 Å². The van der Waals surface area contributed by atoms with Gasteiger partial charge < -0.3 is 0 Å². The van der Waals surface area contributed by atoms with E-state index in [4.69, 9.17) is 0 Å². The second-order valence-electron chi connectivity index (χ2n) is 4.02. The van der Waals surface area contributed by atoms with Crippen LogP contribution >= 0.6 is 0 Å². The lowest BCUT2D eigenvalue weighted by Gasteiger charge is -2.03. The molecule has 0 saturated carbocycles. The molecule has 1 aromatic heterocycles. The number of sulfone groups is 1. The lowest BCUT2D eigenvalue weighted by atomic mass is 10.1. The normalized spacial score (nSPS) is 11.3. The summed E-state index contributed by atoms with van der Waals surface area (Å²) in [5, 5.41) is 0. The highest BCUT2D eigenvalue weighted by molar-refractivity contribution is 7.90. The first-order chi connectivity index (χ1) is 8.88. The first-order valence-electron chi connectivity index (χ1n) is 5.33. The van der Waals surface area contributed by atoms with Gasteiger partial charge in [0, 0.05) is 23.6 Å². The quantitative estimate of drug-likeness (QED) is 0.804. The molecular weight excluding hydrogens is 269 g/mol. The van der Waals surface area contributed by atoms with E-state index in [1.165, 1.54) is 30.5 Å². The zero-order valence-electron chi connectivity index (χ0n) is 10.00. The fourth-order valence-corrected chi connectivity index (χ4v) is 2.24. The highest BCUT2D eigenvalue weighted by Crippen LogP contribution is 2.15. The van der Waals surface area contributed by atoms with Gasteiger partial charge in [0.15, 0.2) is 15.6 Å². The number of aromatic nitrogens is 1. The highest BCUT2D eigenvalue weighted by Gasteiger charge is 2.14. The Kier molecular flexibility index (Phi) is 3.44. The number of carbonyl (C=O) groups excluding carboxylic acids is 1. The molecule has 0 aliphatic rings. The zero-order chi connectivity index (χ0) is 14.0. The molecule has 0 amide bonds. The van der Waals surface area contributed by atoms with Gasteiger partial charge >= 0.3 is 0 Å². The molecule has 2 rings (SSSR count). The second kappa shape index (κ2) is 4.89. The van der Waals surface area contributed by atoms with Crippen LogP contribution in [-0.2, 0) is 9.84 Å². The molecule has 98 valence electrons. The number of ketones is 1. The molecule has 19 heavy (non-hydrogen) atoms. The summed E-state index contributed by atoms with van der Waals surface area (Å²) in [7, 11) is -3.39. The van der Waals surface area contributed by atoms with Crippen LogP contribution in [0.3, 0.4) is 0 Å². The number of hydrogen-bond donors (Lipinski definition) is 0. The van der Waals surface area contributed by atoms with Crippen molar-refractivity contribution in [3.8, 4) is 0 Å². The summed E-state index contributed by atoms with van der Waals surface area (Å²) in [6.07, 6.45) is 3.28. The number of rotatable bonds is 3. The summed E-state index contributed by atoms with van der Waals surface area (Å²) in [4.78, 5) is 15.7. The van der Waals surface area contributed by atoms with E-state index in [-0.39, 0.29) is 16.0 Å². The Labute approximate surface area is 109 Å². The Balaban J connectivity index is 2.46. The van der Waals surface area contributed by atoms with Crippen molar-refractivity contribution in [1.29, 1.82) is 0 Å². The second-order valence-corrected chi connectivity index (χ2v) is 6.04. The summed E-state index contributed by atoms with van der Waals surface area (Å²) in [6.45, 7) is 0. The van der Waals surface area contributed by atoms with Crippen molar-refractivity contribution in [3.63, 3.8) is 0 Å². The maximum absolute atomic E-state index is 13.0. The molecule has 0 atom stereocenters. The molecule has 0 radical (unpaired) electrons. The van der Waals surface area contributed by atoms with Crippen molar-refractivity contribution in [2.24, 2.45) is 0 Å². The van der Waals surface area contributed by atoms with Gasteiger partial charge in [-0.25, -0.2) is 12.8 Å². The largest absolute Gasteiger partial charge is 0.289 e. The summed E-state index contributed by atoms with van der Waals surface area (Å²) in [5.41, 5.74) is 0.251. The number of carbonyl (C=O) groups is 1. The predicted octanol–water partition coefficient (Wildman–Crippen LogP) is 1.86. The van der Waals surface area contributed by atoms with Crippen molar-refractivity contribution in [2.45, 2.75) is 4.90 Å². The molecule has 1 aromatic carbocycles. The van der Waals surface area contributed by atoms with Crippen molar-refractivity contribution >= 4 is 15.6 Å². The summed E-state index contributed by atoms with van der Waals surface area (Å²) in [5.74, 6) is -1.09. The number of benzene rings is 1. The molecule has 0 aliphatic heterocycles. The number of pyridine rings is 1. The minimum atomic E-state index is -3.39. The van der Waals surface area contributed by atoms with Gasteiger partial charge in [-0.3, -0.25) is 9.78 Å². The van der Waals surface area contributed by atoms with Crippen molar-refractivity contribution in [1.82, 2.24) is 4.98 Å². The standard InChI is InChI=1S/C13H10FNO3S/c1-19(17,18)12-4-2-3-9(6-12)13(16)10-5-11(14)8-15-7-10/h2-8H,1H3. The molecule has 0 bridgehead atoms. The molecule has 6 heteroatoms. The first kappa shape index (κ1) is 13.4. The molecule has 0 unspecified atom stereocenters. The molecule has 4 nitrogen and oxygen atoms in total. The van der Waals surface area contributed by atoms with Gasteiger partial charge in [0.2, 0.25) is 0 Å². The number of hydrogen-bond acceptors (Lipinski definition) is 4. The Hall–Kier alpha value is -2.08. The van der Waals surface area contributed by atoms with E-state index in [0.29, 0.717) is 0 Å². The number of halogens is 1. The van der Waals surface area contributed by atoms with Crippen molar-refractivity contribution in [3.05, 3.63) is 59.7 Å². The van der Waals surface area contributed by atoms with Crippen LogP contribution in [0.1, 0.15) is 15.9 Å². The van der Waals surface area contributed by atoms with E-state index in [1.807, 2.05) is 0 Å². The van der Waals surface area contributed by atoms with Crippen LogP contribution in [0.2, 0.25) is 0 Å². The first-order valence-corrected chi connectivity index (χ1v) is 7.22.